The third-order valence-corrected chi connectivity index (χ3v) is 5.97. The van der Waals surface area contributed by atoms with Gasteiger partial charge in [0, 0.05) is 36.5 Å². The van der Waals surface area contributed by atoms with E-state index >= 15 is 0 Å². The van der Waals surface area contributed by atoms with Crippen LogP contribution in [0.5, 0.6) is 0 Å². The van der Waals surface area contributed by atoms with Crippen molar-refractivity contribution >= 4 is 35.1 Å². The first kappa shape index (κ1) is 21.8. The van der Waals surface area contributed by atoms with E-state index in [-0.39, 0.29) is 23.4 Å². The molecule has 1 aromatic heterocycles. The van der Waals surface area contributed by atoms with Gasteiger partial charge in [-0.2, -0.15) is 0 Å². The van der Waals surface area contributed by atoms with Crippen molar-refractivity contribution in [1.29, 1.82) is 0 Å². The summed E-state index contributed by atoms with van der Waals surface area (Å²) in [5, 5.41) is 7.53. The number of likely N-dealkylation sites (tertiary alicyclic amines) is 1. The molecule has 0 spiro atoms. The summed E-state index contributed by atoms with van der Waals surface area (Å²) in [6.07, 6.45) is 3.88. The lowest BCUT2D eigenvalue weighted by atomic mass is 10.1. The van der Waals surface area contributed by atoms with Crippen molar-refractivity contribution in [3.63, 3.8) is 0 Å². The molecule has 0 bridgehead atoms. The lowest BCUT2D eigenvalue weighted by Crippen LogP contribution is -2.36. The summed E-state index contributed by atoms with van der Waals surface area (Å²) in [5.74, 6) is -0.479. The second kappa shape index (κ2) is 10.2. The molecule has 3 amide bonds. The zero-order chi connectivity index (χ0) is 21.5. The van der Waals surface area contributed by atoms with Gasteiger partial charge in [0.1, 0.15) is 5.70 Å². The van der Waals surface area contributed by atoms with Crippen molar-refractivity contribution < 1.29 is 14.4 Å². The summed E-state index contributed by atoms with van der Waals surface area (Å²) < 4.78 is 0. The first-order valence-electron chi connectivity index (χ1n) is 10.1. The Bertz CT molecular complexity index is 951. The number of aryl methyl sites for hydroxylation is 2. The minimum Gasteiger partial charge on any atom is -0.351 e. The zero-order valence-corrected chi connectivity index (χ0v) is 18.2. The van der Waals surface area contributed by atoms with E-state index in [0.717, 1.165) is 29.0 Å². The number of hydrogen-bond donors (Lipinski definition) is 2. The smallest absolute Gasteiger partial charge is 0.267 e. The van der Waals surface area contributed by atoms with E-state index in [9.17, 15) is 14.4 Å². The Hall–Kier alpha value is -2.93. The maximum absolute atomic E-state index is 12.7. The molecule has 1 aliphatic rings. The van der Waals surface area contributed by atoms with Crippen LogP contribution in [-0.4, -0.2) is 42.3 Å². The number of amides is 3. The van der Waals surface area contributed by atoms with Crippen molar-refractivity contribution in [1.82, 2.24) is 15.5 Å². The van der Waals surface area contributed by atoms with Crippen LogP contribution in [0.25, 0.3) is 6.08 Å². The number of thiophene rings is 1. The van der Waals surface area contributed by atoms with Gasteiger partial charge in [0.05, 0.1) is 0 Å². The number of carbonyl (C=O) groups is 3. The molecule has 30 heavy (non-hydrogen) atoms. The Labute approximate surface area is 181 Å². The van der Waals surface area contributed by atoms with Crippen LogP contribution >= 0.6 is 11.3 Å². The van der Waals surface area contributed by atoms with Gasteiger partial charge in [-0.1, -0.05) is 12.1 Å². The molecule has 1 aromatic carbocycles. The lowest BCUT2D eigenvalue weighted by molar-refractivity contribution is -0.127. The molecule has 1 aliphatic heterocycles. The van der Waals surface area contributed by atoms with Gasteiger partial charge < -0.3 is 15.5 Å². The third-order valence-electron chi connectivity index (χ3n) is 5.15. The Kier molecular flexibility index (Phi) is 7.41. The zero-order valence-electron chi connectivity index (χ0n) is 17.4. The highest BCUT2D eigenvalue weighted by Gasteiger charge is 2.19. The van der Waals surface area contributed by atoms with Gasteiger partial charge >= 0.3 is 0 Å². The van der Waals surface area contributed by atoms with E-state index in [0.29, 0.717) is 31.5 Å². The fraction of sp³-hybridized carbons (Fsp3) is 0.348. The Balaban J connectivity index is 1.63. The fourth-order valence-electron chi connectivity index (χ4n) is 3.26. The van der Waals surface area contributed by atoms with Gasteiger partial charge in [-0.15, -0.1) is 11.3 Å². The van der Waals surface area contributed by atoms with Crippen LogP contribution in [0.15, 0.2) is 41.4 Å². The molecule has 3 rings (SSSR count). The van der Waals surface area contributed by atoms with Crippen molar-refractivity contribution in [2.75, 3.05) is 19.6 Å². The van der Waals surface area contributed by atoms with Crippen LogP contribution in [0.3, 0.4) is 0 Å². The van der Waals surface area contributed by atoms with Crippen LogP contribution < -0.4 is 10.6 Å². The van der Waals surface area contributed by atoms with Gasteiger partial charge in [0.2, 0.25) is 5.91 Å². The van der Waals surface area contributed by atoms with E-state index in [4.69, 9.17) is 0 Å². The van der Waals surface area contributed by atoms with Crippen LogP contribution in [-0.2, 0) is 9.59 Å². The number of carbonyl (C=O) groups excluding carboxylic acids is 3. The number of rotatable bonds is 8. The van der Waals surface area contributed by atoms with E-state index < -0.39 is 0 Å². The highest BCUT2D eigenvalue weighted by Crippen LogP contribution is 2.14. The normalized spacial score (nSPS) is 14.1. The minimum absolute atomic E-state index is 0.181. The Morgan fingerprint density at radius 2 is 2.03 bits per heavy atom. The quantitative estimate of drug-likeness (QED) is 0.503. The maximum Gasteiger partial charge on any atom is 0.267 e. The molecule has 2 heterocycles. The number of benzene rings is 1. The maximum atomic E-state index is 12.7. The molecular weight excluding hydrogens is 398 g/mol. The Morgan fingerprint density at radius 3 is 2.70 bits per heavy atom. The molecule has 7 heteroatoms. The molecule has 0 aliphatic carbocycles. The average molecular weight is 426 g/mol. The van der Waals surface area contributed by atoms with Crippen LogP contribution in [0, 0.1) is 13.8 Å². The summed E-state index contributed by atoms with van der Waals surface area (Å²) in [6, 6.07) is 9.25. The highest BCUT2D eigenvalue weighted by molar-refractivity contribution is 7.10. The van der Waals surface area contributed by atoms with Crippen LogP contribution in [0.1, 0.15) is 45.6 Å². The van der Waals surface area contributed by atoms with Gasteiger partial charge in [-0.25, -0.2) is 0 Å². The van der Waals surface area contributed by atoms with Gasteiger partial charge in [-0.3, -0.25) is 14.4 Å². The van der Waals surface area contributed by atoms with Crippen molar-refractivity contribution in [2.24, 2.45) is 0 Å². The summed E-state index contributed by atoms with van der Waals surface area (Å²) in [7, 11) is 0. The van der Waals surface area contributed by atoms with Crippen molar-refractivity contribution in [2.45, 2.75) is 33.1 Å². The van der Waals surface area contributed by atoms with Crippen molar-refractivity contribution in [3.05, 3.63) is 63.0 Å². The molecule has 1 fully saturated rings. The molecule has 0 atom stereocenters. The highest BCUT2D eigenvalue weighted by atomic mass is 32.1. The number of hydrogen-bond acceptors (Lipinski definition) is 4. The Morgan fingerprint density at radius 1 is 1.20 bits per heavy atom. The molecule has 2 aromatic rings. The van der Waals surface area contributed by atoms with Gasteiger partial charge in [0.15, 0.2) is 0 Å². The third kappa shape index (κ3) is 5.79. The van der Waals surface area contributed by atoms with Gasteiger partial charge in [0.25, 0.3) is 11.8 Å². The summed E-state index contributed by atoms with van der Waals surface area (Å²) >= 11 is 1.49. The van der Waals surface area contributed by atoms with Crippen LogP contribution in [0.2, 0.25) is 0 Å². The predicted octanol–water partition coefficient (Wildman–Crippen LogP) is 3.26. The fourth-order valence-corrected chi connectivity index (χ4v) is 3.92. The molecular formula is C23H27N3O3S. The summed E-state index contributed by atoms with van der Waals surface area (Å²) in [5.41, 5.74) is 2.84. The minimum atomic E-state index is -0.340. The molecule has 158 valence electrons. The first-order valence-corrected chi connectivity index (χ1v) is 11.0. The topological polar surface area (TPSA) is 78.5 Å². The van der Waals surface area contributed by atoms with Crippen LogP contribution in [0.4, 0.5) is 0 Å². The molecule has 2 N–H and O–H groups in total. The number of nitrogens with zero attached hydrogens (tertiary/aromatic N) is 1. The second-order valence-corrected chi connectivity index (χ2v) is 8.40. The standard InChI is InChI=1S/C23H27N3O3S/c1-16-8-9-18(14-17(16)2)22(28)25-20(15-19-6-4-13-30-19)23(29)24-10-5-12-26-11-3-7-21(26)27/h4,6,8-9,13-15H,3,5,7,10-12H2,1-2H3,(H,24,29)(H,25,28). The lowest BCUT2D eigenvalue weighted by Gasteiger charge is -2.16. The van der Waals surface area contributed by atoms with Crippen molar-refractivity contribution in [3.8, 4) is 0 Å². The molecule has 6 nitrogen and oxygen atoms in total. The average Bonchev–Trinajstić information content (AvgIpc) is 3.38. The van der Waals surface area contributed by atoms with E-state index in [1.807, 2.05) is 48.4 Å². The van der Waals surface area contributed by atoms with Gasteiger partial charge in [-0.05, 0) is 67.5 Å². The summed E-state index contributed by atoms with van der Waals surface area (Å²) in [6.45, 7) is 5.80. The SMILES string of the molecule is Cc1ccc(C(=O)NC(=Cc2cccs2)C(=O)NCCCN2CCCC2=O)cc1C. The summed E-state index contributed by atoms with van der Waals surface area (Å²) in [4.78, 5) is 39.8. The predicted molar refractivity (Wildman–Crippen MR) is 119 cm³/mol. The molecule has 0 unspecified atom stereocenters. The second-order valence-electron chi connectivity index (χ2n) is 7.42. The molecule has 0 radical (unpaired) electrons. The number of nitrogens with one attached hydrogen (secondary N) is 2. The van der Waals surface area contributed by atoms with E-state index in [2.05, 4.69) is 10.6 Å². The largest absolute Gasteiger partial charge is 0.351 e. The molecule has 1 saturated heterocycles. The van der Waals surface area contributed by atoms with E-state index in [1.165, 1.54) is 11.3 Å². The monoisotopic (exact) mass is 425 g/mol. The van der Waals surface area contributed by atoms with E-state index in [1.54, 1.807) is 12.1 Å². The first-order chi connectivity index (χ1) is 14.4. The molecule has 0 saturated carbocycles.